The maximum Gasteiger partial charge on any atom is 0.145 e. The molecule has 0 fully saturated rings. The number of benzene rings is 6. The largest absolute Gasteiger partial charge is 0.455 e. The molecule has 6 aromatic carbocycles. The second kappa shape index (κ2) is 6.77. The van der Waals surface area contributed by atoms with Gasteiger partial charge in [0.1, 0.15) is 11.2 Å². The average molecular weight is 497 g/mol. The zero-order valence-corrected chi connectivity index (χ0v) is 20.8. The lowest BCUT2D eigenvalue weighted by molar-refractivity contribution is 0.673. The predicted octanol–water partition coefficient (Wildman–Crippen LogP) is 9.83. The summed E-state index contributed by atoms with van der Waals surface area (Å²) in [4.78, 5) is 0. The number of hydrogen-bond donors (Lipinski definition) is 0. The lowest BCUT2D eigenvalue weighted by Crippen LogP contribution is -1.93. The molecule has 0 aliphatic heterocycles. The molecule has 10 aromatic rings. The first-order valence-electron chi connectivity index (χ1n) is 13.4. The van der Waals surface area contributed by atoms with Crippen LogP contribution in [-0.2, 0) is 0 Å². The molecule has 4 aromatic heterocycles. The minimum atomic E-state index is 0.935. The molecule has 10 rings (SSSR count). The van der Waals surface area contributed by atoms with Crippen molar-refractivity contribution in [1.82, 2.24) is 8.97 Å². The molecule has 0 aliphatic rings. The van der Waals surface area contributed by atoms with Crippen molar-refractivity contribution in [3.8, 4) is 5.69 Å². The molecular weight excluding hydrogens is 476 g/mol. The fourth-order valence-corrected chi connectivity index (χ4v) is 7.05. The van der Waals surface area contributed by atoms with Crippen LogP contribution in [0, 0.1) is 0 Å². The predicted molar refractivity (Wildman–Crippen MR) is 163 cm³/mol. The zero-order chi connectivity index (χ0) is 25.2. The van der Waals surface area contributed by atoms with E-state index in [4.69, 9.17) is 4.42 Å². The van der Waals surface area contributed by atoms with Crippen molar-refractivity contribution in [2.75, 3.05) is 0 Å². The molecule has 0 unspecified atom stereocenters. The molecule has 0 N–H and O–H groups in total. The Bertz CT molecular complexity index is 2600. The summed E-state index contributed by atoms with van der Waals surface area (Å²) < 4.78 is 11.4. The first-order valence-corrected chi connectivity index (χ1v) is 13.4. The third-order valence-electron chi connectivity index (χ3n) is 8.61. The summed E-state index contributed by atoms with van der Waals surface area (Å²) in [5, 5.41) is 9.86. The van der Waals surface area contributed by atoms with Gasteiger partial charge in [-0.25, -0.2) is 0 Å². The average Bonchev–Trinajstić information content (AvgIpc) is 3.71. The van der Waals surface area contributed by atoms with Gasteiger partial charge >= 0.3 is 0 Å². The van der Waals surface area contributed by atoms with E-state index in [2.05, 4.69) is 124 Å². The lowest BCUT2D eigenvalue weighted by atomic mass is 10.0. The maximum atomic E-state index is 6.55. The van der Waals surface area contributed by atoms with Crippen molar-refractivity contribution in [2.24, 2.45) is 0 Å². The molecule has 3 nitrogen and oxygen atoms in total. The highest BCUT2D eigenvalue weighted by Gasteiger charge is 2.24. The lowest BCUT2D eigenvalue weighted by Gasteiger charge is -2.07. The normalized spacial score (nSPS) is 12.6. The zero-order valence-electron chi connectivity index (χ0n) is 20.8. The minimum Gasteiger partial charge on any atom is -0.455 e. The summed E-state index contributed by atoms with van der Waals surface area (Å²) in [5.74, 6) is 0. The second-order valence-electron chi connectivity index (χ2n) is 10.5. The summed E-state index contributed by atoms with van der Waals surface area (Å²) in [6.45, 7) is 0. The Labute approximate surface area is 222 Å². The Morgan fingerprint density at radius 1 is 0.436 bits per heavy atom. The van der Waals surface area contributed by atoms with Gasteiger partial charge in [-0.1, -0.05) is 72.8 Å². The monoisotopic (exact) mass is 496 g/mol. The molecule has 0 spiro atoms. The Morgan fingerprint density at radius 2 is 1.10 bits per heavy atom. The third-order valence-corrected chi connectivity index (χ3v) is 8.61. The Morgan fingerprint density at radius 3 is 1.97 bits per heavy atom. The summed E-state index contributed by atoms with van der Waals surface area (Å²) in [6.07, 6.45) is 0. The number of nitrogens with zero attached hydrogens (tertiary/aromatic N) is 2. The summed E-state index contributed by atoms with van der Waals surface area (Å²) in [7, 11) is 0. The van der Waals surface area contributed by atoms with Gasteiger partial charge in [0.25, 0.3) is 0 Å². The molecule has 0 saturated carbocycles. The molecule has 0 amide bonds. The number of furan rings is 1. The van der Waals surface area contributed by atoms with E-state index in [0.29, 0.717) is 0 Å². The van der Waals surface area contributed by atoms with Crippen molar-refractivity contribution in [3.05, 3.63) is 121 Å². The second-order valence-corrected chi connectivity index (χ2v) is 10.5. The van der Waals surface area contributed by atoms with Crippen molar-refractivity contribution in [3.63, 3.8) is 0 Å². The fourth-order valence-electron chi connectivity index (χ4n) is 7.05. The molecule has 0 radical (unpaired) electrons. The molecule has 0 aliphatic carbocycles. The Hall–Kier alpha value is -5.28. The van der Waals surface area contributed by atoms with Crippen LogP contribution in [0.5, 0.6) is 0 Å². The first kappa shape index (κ1) is 19.8. The van der Waals surface area contributed by atoms with Gasteiger partial charge in [-0.15, -0.1) is 0 Å². The van der Waals surface area contributed by atoms with E-state index >= 15 is 0 Å². The number of hydrogen-bond acceptors (Lipinski definition) is 1. The molecule has 180 valence electrons. The topological polar surface area (TPSA) is 22.5 Å². The number of fused-ring (bicyclic) bond motifs is 13. The van der Waals surface area contributed by atoms with E-state index in [1.54, 1.807) is 0 Å². The van der Waals surface area contributed by atoms with Crippen molar-refractivity contribution < 1.29 is 4.42 Å². The van der Waals surface area contributed by atoms with Gasteiger partial charge in [-0.05, 0) is 48.5 Å². The highest BCUT2D eigenvalue weighted by Crippen LogP contribution is 2.47. The van der Waals surface area contributed by atoms with Crippen LogP contribution in [0.3, 0.4) is 0 Å². The number of para-hydroxylation sites is 4. The molecule has 0 saturated heterocycles. The smallest absolute Gasteiger partial charge is 0.145 e. The summed E-state index contributed by atoms with van der Waals surface area (Å²) >= 11 is 0. The first-order chi connectivity index (χ1) is 19.4. The van der Waals surface area contributed by atoms with Gasteiger partial charge in [0.2, 0.25) is 0 Å². The standard InChI is InChI=1S/C36H20N2O/c1-2-10-21(11-3-1)37-29-15-7-4-12-22(29)25-18-26-27-19-28-23-13-6-9-17-33(23)39-36(28)34-24-14-5-8-16-30(24)38(35(27)34)32(26)20-31(25)37/h1-20H. The SMILES string of the molecule is c1ccc(-n2c3ccccc3c3cc4c5cc6c7ccccc7oc6c6c7ccccc7n(c4cc32)c56)cc1. The van der Waals surface area contributed by atoms with Crippen LogP contribution in [0.2, 0.25) is 0 Å². The van der Waals surface area contributed by atoms with E-state index in [0.717, 1.165) is 16.6 Å². The molecular formula is C36H20N2O. The Kier molecular flexibility index (Phi) is 3.44. The van der Waals surface area contributed by atoms with Gasteiger partial charge in [-0.3, -0.25) is 0 Å². The van der Waals surface area contributed by atoms with Crippen LogP contribution in [0.25, 0.3) is 87.5 Å². The van der Waals surface area contributed by atoms with E-state index in [1.807, 2.05) is 6.07 Å². The van der Waals surface area contributed by atoms with Crippen LogP contribution in [0.1, 0.15) is 0 Å². The van der Waals surface area contributed by atoms with E-state index in [9.17, 15) is 0 Å². The highest BCUT2D eigenvalue weighted by atomic mass is 16.3. The Balaban J connectivity index is 1.50. The van der Waals surface area contributed by atoms with Crippen molar-refractivity contribution in [1.29, 1.82) is 0 Å². The molecule has 4 heterocycles. The van der Waals surface area contributed by atoms with Crippen LogP contribution in [0.4, 0.5) is 0 Å². The number of aromatic nitrogens is 2. The van der Waals surface area contributed by atoms with E-state index in [-0.39, 0.29) is 0 Å². The van der Waals surface area contributed by atoms with Gasteiger partial charge in [0.05, 0.1) is 33.0 Å². The number of rotatable bonds is 1. The minimum absolute atomic E-state index is 0.935. The van der Waals surface area contributed by atoms with Gasteiger partial charge in [0, 0.05) is 43.4 Å². The van der Waals surface area contributed by atoms with Gasteiger partial charge < -0.3 is 13.4 Å². The maximum absolute atomic E-state index is 6.55. The van der Waals surface area contributed by atoms with E-state index < -0.39 is 0 Å². The summed E-state index contributed by atoms with van der Waals surface area (Å²) in [5.41, 5.74) is 9.19. The fraction of sp³-hybridized carbons (Fsp3) is 0. The quantitative estimate of drug-likeness (QED) is 0.222. The van der Waals surface area contributed by atoms with Gasteiger partial charge in [-0.2, -0.15) is 0 Å². The van der Waals surface area contributed by atoms with E-state index in [1.165, 1.54) is 71.0 Å². The van der Waals surface area contributed by atoms with Crippen LogP contribution in [0.15, 0.2) is 126 Å². The van der Waals surface area contributed by atoms with Crippen LogP contribution >= 0.6 is 0 Å². The van der Waals surface area contributed by atoms with Crippen molar-refractivity contribution >= 4 is 81.8 Å². The summed E-state index contributed by atoms with van der Waals surface area (Å²) in [6, 6.07) is 43.7. The third kappa shape index (κ3) is 2.31. The molecule has 3 heteroatoms. The van der Waals surface area contributed by atoms with Crippen LogP contribution in [-0.4, -0.2) is 8.97 Å². The highest BCUT2D eigenvalue weighted by molar-refractivity contribution is 6.33. The molecule has 0 bridgehead atoms. The molecule has 39 heavy (non-hydrogen) atoms. The van der Waals surface area contributed by atoms with Crippen LogP contribution < -0.4 is 0 Å². The van der Waals surface area contributed by atoms with Crippen molar-refractivity contribution in [2.45, 2.75) is 0 Å². The molecule has 0 atom stereocenters. The van der Waals surface area contributed by atoms with Gasteiger partial charge in [0.15, 0.2) is 0 Å².